The third-order valence-electron chi connectivity index (χ3n) is 4.00. The highest BCUT2D eigenvalue weighted by Crippen LogP contribution is 2.21. The first-order chi connectivity index (χ1) is 10.1. The summed E-state index contributed by atoms with van der Waals surface area (Å²) in [5.74, 6) is 0.305. The first-order valence-electron chi connectivity index (χ1n) is 7.42. The molecule has 0 aromatic heterocycles. The molecule has 1 saturated heterocycles. The Morgan fingerprint density at radius 1 is 1.48 bits per heavy atom. The highest BCUT2D eigenvalue weighted by atomic mass is 16.5. The Bertz CT molecular complexity index is 468. The summed E-state index contributed by atoms with van der Waals surface area (Å²) < 4.78 is 5.09. The summed E-state index contributed by atoms with van der Waals surface area (Å²) in [7, 11) is 1.65. The largest absolute Gasteiger partial charge is 0.393 e. The maximum atomic E-state index is 12.2. The molecule has 1 heterocycles. The fourth-order valence-electron chi connectivity index (χ4n) is 2.69. The number of methoxy groups -OCH3 is 1. The van der Waals surface area contributed by atoms with Crippen LogP contribution in [0.25, 0.3) is 0 Å². The van der Waals surface area contributed by atoms with Gasteiger partial charge in [-0.2, -0.15) is 0 Å². The number of ether oxygens (including phenoxy) is 1. The van der Waals surface area contributed by atoms with E-state index in [1.165, 1.54) is 0 Å². The number of rotatable bonds is 4. The van der Waals surface area contributed by atoms with E-state index < -0.39 is 0 Å². The molecular formula is C16H24N2O3. The van der Waals surface area contributed by atoms with Crippen molar-refractivity contribution in [3.05, 3.63) is 29.8 Å². The summed E-state index contributed by atoms with van der Waals surface area (Å²) in [5, 5.41) is 12.5. The van der Waals surface area contributed by atoms with Crippen molar-refractivity contribution in [2.45, 2.75) is 32.5 Å². The van der Waals surface area contributed by atoms with Crippen LogP contribution < -0.4 is 5.32 Å². The minimum Gasteiger partial charge on any atom is -0.393 e. The minimum atomic E-state index is -0.291. The van der Waals surface area contributed by atoms with Crippen LogP contribution in [0.4, 0.5) is 10.5 Å². The summed E-state index contributed by atoms with van der Waals surface area (Å²) in [6, 6.07) is 7.59. The SMILES string of the molecule is COCc1cccc(NC(=O)N2CCC(C(C)O)CC2)c1. The average molecular weight is 292 g/mol. The highest BCUT2D eigenvalue weighted by molar-refractivity contribution is 5.89. The molecule has 0 aliphatic carbocycles. The molecule has 5 nitrogen and oxygen atoms in total. The van der Waals surface area contributed by atoms with Crippen molar-refractivity contribution in [2.24, 2.45) is 5.92 Å². The predicted molar refractivity (Wildman–Crippen MR) is 82.2 cm³/mol. The molecule has 0 spiro atoms. The van der Waals surface area contributed by atoms with Crippen LogP contribution in [-0.2, 0) is 11.3 Å². The molecule has 0 bridgehead atoms. The van der Waals surface area contributed by atoms with Crippen molar-refractivity contribution in [3.8, 4) is 0 Å². The van der Waals surface area contributed by atoms with Gasteiger partial charge in [-0.05, 0) is 43.4 Å². The molecule has 1 aromatic rings. The number of piperidine rings is 1. The van der Waals surface area contributed by atoms with Gasteiger partial charge in [-0.25, -0.2) is 4.79 Å². The topological polar surface area (TPSA) is 61.8 Å². The normalized spacial score (nSPS) is 17.6. The molecule has 2 rings (SSSR count). The van der Waals surface area contributed by atoms with Crippen molar-refractivity contribution in [2.75, 3.05) is 25.5 Å². The Morgan fingerprint density at radius 2 is 2.19 bits per heavy atom. The van der Waals surface area contributed by atoms with E-state index in [0.29, 0.717) is 25.6 Å². The number of hydrogen-bond acceptors (Lipinski definition) is 3. The third kappa shape index (κ3) is 4.44. The number of carbonyl (C=O) groups excluding carboxylic acids is 1. The van der Waals surface area contributed by atoms with Gasteiger partial charge in [-0.1, -0.05) is 12.1 Å². The summed E-state index contributed by atoms with van der Waals surface area (Å²) in [6.07, 6.45) is 1.42. The highest BCUT2D eigenvalue weighted by Gasteiger charge is 2.25. The number of amides is 2. The van der Waals surface area contributed by atoms with Gasteiger partial charge >= 0.3 is 6.03 Å². The van der Waals surface area contributed by atoms with Crippen LogP contribution in [-0.4, -0.2) is 42.3 Å². The Hall–Kier alpha value is -1.59. The Morgan fingerprint density at radius 3 is 2.81 bits per heavy atom. The zero-order valence-corrected chi connectivity index (χ0v) is 12.7. The quantitative estimate of drug-likeness (QED) is 0.896. The van der Waals surface area contributed by atoms with E-state index in [9.17, 15) is 9.90 Å². The van der Waals surface area contributed by atoms with Gasteiger partial charge < -0.3 is 20.1 Å². The molecule has 2 N–H and O–H groups in total. The standard InChI is InChI=1S/C16H24N2O3/c1-12(19)14-6-8-18(9-7-14)16(20)17-15-5-3-4-13(10-15)11-21-2/h3-5,10,12,14,19H,6-9,11H2,1-2H3,(H,17,20). The van der Waals surface area contributed by atoms with Crippen LogP contribution >= 0.6 is 0 Å². The molecular weight excluding hydrogens is 268 g/mol. The van der Waals surface area contributed by atoms with Crippen molar-refractivity contribution < 1.29 is 14.6 Å². The summed E-state index contributed by atoms with van der Waals surface area (Å²) >= 11 is 0. The maximum absolute atomic E-state index is 12.2. The van der Waals surface area contributed by atoms with Gasteiger partial charge in [0.2, 0.25) is 0 Å². The lowest BCUT2D eigenvalue weighted by molar-refractivity contribution is 0.0820. The number of hydrogen-bond donors (Lipinski definition) is 2. The minimum absolute atomic E-state index is 0.0754. The van der Waals surface area contributed by atoms with Gasteiger partial charge in [-0.3, -0.25) is 0 Å². The third-order valence-corrected chi connectivity index (χ3v) is 4.00. The fourth-order valence-corrected chi connectivity index (χ4v) is 2.69. The zero-order chi connectivity index (χ0) is 15.2. The molecule has 0 radical (unpaired) electrons. The molecule has 1 aliphatic heterocycles. The second-order valence-corrected chi connectivity index (χ2v) is 5.63. The van der Waals surface area contributed by atoms with E-state index in [0.717, 1.165) is 24.1 Å². The molecule has 2 amide bonds. The van der Waals surface area contributed by atoms with Gasteiger partial charge in [0, 0.05) is 25.9 Å². The number of urea groups is 1. The first-order valence-corrected chi connectivity index (χ1v) is 7.42. The fraction of sp³-hybridized carbons (Fsp3) is 0.562. The van der Waals surface area contributed by atoms with Crippen LogP contribution in [0.15, 0.2) is 24.3 Å². The second kappa shape index (κ2) is 7.43. The molecule has 1 aliphatic rings. The molecule has 1 unspecified atom stereocenters. The number of aliphatic hydroxyl groups is 1. The van der Waals surface area contributed by atoms with Crippen molar-refractivity contribution in [1.82, 2.24) is 4.90 Å². The number of aliphatic hydroxyl groups excluding tert-OH is 1. The number of nitrogens with zero attached hydrogens (tertiary/aromatic N) is 1. The van der Waals surface area contributed by atoms with Crippen molar-refractivity contribution in [3.63, 3.8) is 0 Å². The van der Waals surface area contributed by atoms with E-state index in [4.69, 9.17) is 4.74 Å². The Balaban J connectivity index is 1.89. The molecule has 1 atom stereocenters. The van der Waals surface area contributed by atoms with Crippen LogP contribution in [0, 0.1) is 5.92 Å². The lowest BCUT2D eigenvalue weighted by Crippen LogP contribution is -2.42. The van der Waals surface area contributed by atoms with E-state index in [2.05, 4.69) is 5.32 Å². The summed E-state index contributed by atoms with van der Waals surface area (Å²) in [6.45, 7) is 3.74. The van der Waals surface area contributed by atoms with Gasteiger partial charge in [0.1, 0.15) is 0 Å². The van der Waals surface area contributed by atoms with Gasteiger partial charge in [-0.15, -0.1) is 0 Å². The lowest BCUT2D eigenvalue weighted by atomic mass is 9.92. The number of carbonyl (C=O) groups is 1. The predicted octanol–water partition coefficient (Wildman–Crippen LogP) is 2.46. The Kier molecular flexibility index (Phi) is 5.59. The molecule has 1 fully saturated rings. The summed E-state index contributed by atoms with van der Waals surface area (Å²) in [4.78, 5) is 14.0. The van der Waals surface area contributed by atoms with E-state index in [-0.39, 0.29) is 12.1 Å². The van der Waals surface area contributed by atoms with Crippen LogP contribution in [0.5, 0.6) is 0 Å². The number of likely N-dealkylation sites (tertiary alicyclic amines) is 1. The maximum Gasteiger partial charge on any atom is 0.321 e. The van der Waals surface area contributed by atoms with Crippen molar-refractivity contribution >= 4 is 11.7 Å². The van der Waals surface area contributed by atoms with Crippen LogP contribution in [0.1, 0.15) is 25.3 Å². The van der Waals surface area contributed by atoms with Gasteiger partial charge in [0.25, 0.3) is 0 Å². The molecule has 1 aromatic carbocycles. The van der Waals surface area contributed by atoms with Crippen molar-refractivity contribution in [1.29, 1.82) is 0 Å². The van der Waals surface area contributed by atoms with E-state index >= 15 is 0 Å². The molecule has 5 heteroatoms. The van der Waals surface area contributed by atoms with E-state index in [1.807, 2.05) is 36.1 Å². The Labute approximate surface area is 125 Å². The molecule has 21 heavy (non-hydrogen) atoms. The van der Waals surface area contributed by atoms with Gasteiger partial charge in [0.15, 0.2) is 0 Å². The summed E-state index contributed by atoms with van der Waals surface area (Å²) in [5.41, 5.74) is 1.82. The number of benzene rings is 1. The number of nitrogens with one attached hydrogen (secondary N) is 1. The number of anilines is 1. The van der Waals surface area contributed by atoms with Crippen LogP contribution in [0.2, 0.25) is 0 Å². The monoisotopic (exact) mass is 292 g/mol. The average Bonchev–Trinajstić information content (AvgIpc) is 2.48. The van der Waals surface area contributed by atoms with Crippen LogP contribution in [0.3, 0.4) is 0 Å². The lowest BCUT2D eigenvalue weighted by Gasteiger charge is -2.33. The molecule has 116 valence electrons. The first kappa shape index (κ1) is 15.8. The molecule has 0 saturated carbocycles. The van der Waals surface area contributed by atoms with Gasteiger partial charge in [0.05, 0.1) is 12.7 Å². The van der Waals surface area contributed by atoms with E-state index in [1.54, 1.807) is 7.11 Å². The zero-order valence-electron chi connectivity index (χ0n) is 12.7. The smallest absolute Gasteiger partial charge is 0.321 e. The second-order valence-electron chi connectivity index (χ2n) is 5.63.